The number of carbonyl (C=O) groups excluding carboxylic acids is 2. The van der Waals surface area contributed by atoms with Gasteiger partial charge in [-0.2, -0.15) is 4.98 Å². The van der Waals surface area contributed by atoms with Crippen molar-refractivity contribution in [3.05, 3.63) is 35.5 Å². The summed E-state index contributed by atoms with van der Waals surface area (Å²) in [6.07, 6.45) is 0.760. The number of rotatable bonds is 6. The molecule has 1 aromatic carbocycles. The van der Waals surface area contributed by atoms with Gasteiger partial charge in [0.2, 0.25) is 11.9 Å². The Labute approximate surface area is 211 Å². The van der Waals surface area contributed by atoms with Crippen molar-refractivity contribution in [2.75, 3.05) is 43.0 Å². The molecule has 3 aliphatic heterocycles. The average Bonchev–Trinajstić information content (AvgIpc) is 3.27. The number of carbonyl (C=O) groups is 2. The van der Waals surface area contributed by atoms with E-state index >= 15 is 0 Å². The number of fused-ring (bicyclic) bond motifs is 2. The standard InChI is InChI=1S/C26H34N6O4/c1-16(2)32-13-19-24(20(32)14-33)28-26(31-11-9-30(10-12-31)18(4)34)29-25(19)27-17(3)23-15-35-21-7-5-6-8-22(21)36-23/h5-8,14,16-17,20,23H,9-13,15H2,1-4H3,(H,27,28,29). The maximum atomic E-state index is 12.2. The summed E-state index contributed by atoms with van der Waals surface area (Å²) in [6.45, 7) is 11.3. The van der Waals surface area contributed by atoms with Crippen LogP contribution < -0.4 is 19.7 Å². The molecule has 3 unspecified atom stereocenters. The smallest absolute Gasteiger partial charge is 0.227 e. The lowest BCUT2D eigenvalue weighted by Gasteiger charge is -2.35. The molecule has 1 fully saturated rings. The minimum absolute atomic E-state index is 0.0746. The zero-order valence-electron chi connectivity index (χ0n) is 21.3. The van der Waals surface area contributed by atoms with Crippen LogP contribution in [-0.4, -0.2) is 82.9 Å². The molecule has 0 bridgehead atoms. The number of nitrogens with one attached hydrogen (secondary N) is 1. The van der Waals surface area contributed by atoms with E-state index in [4.69, 9.17) is 19.4 Å². The molecule has 3 aliphatic rings. The number of hydrogen-bond acceptors (Lipinski definition) is 9. The number of aromatic nitrogens is 2. The van der Waals surface area contributed by atoms with Crippen LogP contribution in [0.4, 0.5) is 11.8 Å². The highest BCUT2D eigenvalue weighted by Gasteiger charge is 2.38. The van der Waals surface area contributed by atoms with E-state index in [0.29, 0.717) is 51.1 Å². The minimum Gasteiger partial charge on any atom is -0.486 e. The summed E-state index contributed by atoms with van der Waals surface area (Å²) in [5.74, 6) is 2.85. The van der Waals surface area contributed by atoms with Crippen molar-refractivity contribution in [2.24, 2.45) is 0 Å². The van der Waals surface area contributed by atoms with Crippen molar-refractivity contribution in [3.8, 4) is 11.5 Å². The number of amides is 1. The predicted molar refractivity (Wildman–Crippen MR) is 135 cm³/mol. The molecule has 0 saturated carbocycles. The lowest BCUT2D eigenvalue weighted by molar-refractivity contribution is -0.129. The summed E-state index contributed by atoms with van der Waals surface area (Å²) in [7, 11) is 0. The van der Waals surface area contributed by atoms with Gasteiger partial charge in [0, 0.05) is 51.3 Å². The average molecular weight is 495 g/mol. The highest BCUT2D eigenvalue weighted by Crippen LogP contribution is 2.38. The molecule has 1 aromatic heterocycles. The van der Waals surface area contributed by atoms with E-state index in [1.54, 1.807) is 6.92 Å². The number of aldehydes is 1. The van der Waals surface area contributed by atoms with Gasteiger partial charge in [0.1, 0.15) is 24.8 Å². The summed E-state index contributed by atoms with van der Waals surface area (Å²) < 4.78 is 12.1. The SMILES string of the molecule is CC(=O)N1CCN(c2nc(NC(C)C3COc4ccccc4O3)c3c(n2)C(C=O)N(C(C)C)C3)CC1. The summed E-state index contributed by atoms with van der Waals surface area (Å²) >= 11 is 0. The van der Waals surface area contributed by atoms with E-state index in [9.17, 15) is 9.59 Å². The van der Waals surface area contributed by atoms with Crippen LogP contribution in [0.5, 0.6) is 11.5 Å². The van der Waals surface area contributed by atoms with Gasteiger partial charge in [-0.1, -0.05) is 12.1 Å². The van der Waals surface area contributed by atoms with E-state index in [1.165, 1.54) is 0 Å². The third-order valence-corrected chi connectivity index (χ3v) is 7.26. The molecule has 0 aliphatic carbocycles. The maximum absolute atomic E-state index is 12.2. The zero-order valence-corrected chi connectivity index (χ0v) is 21.3. The number of benzene rings is 1. The highest BCUT2D eigenvalue weighted by molar-refractivity contribution is 5.73. The first-order valence-electron chi connectivity index (χ1n) is 12.6. The summed E-state index contributed by atoms with van der Waals surface area (Å²) in [4.78, 5) is 39.8. The Morgan fingerprint density at radius 1 is 1.11 bits per heavy atom. The van der Waals surface area contributed by atoms with Gasteiger partial charge in [0.05, 0.1) is 11.7 Å². The molecule has 2 aromatic rings. The first-order valence-corrected chi connectivity index (χ1v) is 12.6. The van der Waals surface area contributed by atoms with E-state index in [0.717, 1.165) is 29.0 Å². The number of anilines is 2. The molecule has 1 N–H and O–H groups in total. The molecule has 10 heteroatoms. The summed E-state index contributed by atoms with van der Waals surface area (Å²) in [6, 6.07) is 7.31. The lowest BCUT2D eigenvalue weighted by atomic mass is 10.1. The zero-order chi connectivity index (χ0) is 25.4. The third-order valence-electron chi connectivity index (χ3n) is 7.26. The molecule has 10 nitrogen and oxygen atoms in total. The van der Waals surface area contributed by atoms with E-state index in [2.05, 4.69) is 29.0 Å². The monoisotopic (exact) mass is 494 g/mol. The van der Waals surface area contributed by atoms with Crippen LogP contribution in [0.25, 0.3) is 0 Å². The molecule has 1 saturated heterocycles. The highest BCUT2D eigenvalue weighted by atomic mass is 16.6. The predicted octanol–water partition coefficient (Wildman–Crippen LogP) is 2.25. The number of ether oxygens (including phenoxy) is 2. The number of piperazine rings is 1. The van der Waals surface area contributed by atoms with Crippen molar-refractivity contribution >= 4 is 24.0 Å². The molecule has 5 rings (SSSR count). The van der Waals surface area contributed by atoms with Gasteiger partial charge in [-0.25, -0.2) is 4.98 Å². The Balaban J connectivity index is 1.43. The fourth-order valence-corrected chi connectivity index (χ4v) is 5.05. The Kier molecular flexibility index (Phi) is 6.70. The molecule has 0 spiro atoms. The Morgan fingerprint density at radius 2 is 1.83 bits per heavy atom. The molecule has 192 valence electrons. The van der Waals surface area contributed by atoms with Gasteiger partial charge in [-0.15, -0.1) is 0 Å². The van der Waals surface area contributed by atoms with Crippen molar-refractivity contribution in [1.29, 1.82) is 0 Å². The van der Waals surface area contributed by atoms with Gasteiger partial charge >= 0.3 is 0 Å². The number of para-hydroxylation sites is 2. The number of hydrogen-bond donors (Lipinski definition) is 1. The summed E-state index contributed by atoms with van der Waals surface area (Å²) in [5.41, 5.74) is 1.69. The van der Waals surface area contributed by atoms with Crippen LogP contribution in [0.1, 0.15) is 45.0 Å². The Morgan fingerprint density at radius 3 is 2.50 bits per heavy atom. The van der Waals surface area contributed by atoms with E-state index < -0.39 is 6.04 Å². The maximum Gasteiger partial charge on any atom is 0.227 e. The molecule has 36 heavy (non-hydrogen) atoms. The van der Waals surface area contributed by atoms with Crippen molar-refractivity contribution < 1.29 is 19.1 Å². The molecular formula is C26H34N6O4. The normalized spacial score (nSPS) is 22.4. The van der Waals surface area contributed by atoms with Gasteiger partial charge in [0.15, 0.2) is 17.6 Å². The third kappa shape index (κ3) is 4.57. The number of nitrogens with zero attached hydrogens (tertiary/aromatic N) is 5. The van der Waals surface area contributed by atoms with Gasteiger partial charge < -0.3 is 29.4 Å². The fourth-order valence-electron chi connectivity index (χ4n) is 5.05. The summed E-state index contributed by atoms with van der Waals surface area (Å²) in [5, 5.41) is 3.56. The first-order chi connectivity index (χ1) is 17.4. The van der Waals surface area contributed by atoms with Crippen LogP contribution in [0.3, 0.4) is 0 Å². The Bertz CT molecular complexity index is 1130. The van der Waals surface area contributed by atoms with E-state index in [-0.39, 0.29) is 24.1 Å². The fraction of sp³-hybridized carbons (Fsp3) is 0.538. The molecule has 0 radical (unpaired) electrons. The van der Waals surface area contributed by atoms with E-state index in [1.807, 2.05) is 36.1 Å². The molecule has 1 amide bonds. The van der Waals surface area contributed by atoms with Crippen molar-refractivity contribution in [1.82, 2.24) is 19.8 Å². The first kappa shape index (κ1) is 24.3. The topological polar surface area (TPSA) is 100 Å². The Hall–Kier alpha value is -3.40. The van der Waals surface area contributed by atoms with Crippen LogP contribution in [0, 0.1) is 0 Å². The molecular weight excluding hydrogens is 460 g/mol. The van der Waals surface area contributed by atoms with Crippen LogP contribution in [0.15, 0.2) is 24.3 Å². The van der Waals surface area contributed by atoms with Crippen molar-refractivity contribution in [2.45, 2.75) is 58.5 Å². The van der Waals surface area contributed by atoms with Gasteiger partial charge in [-0.05, 0) is 32.9 Å². The second-order valence-corrected chi connectivity index (χ2v) is 9.92. The minimum atomic E-state index is -0.419. The van der Waals surface area contributed by atoms with Crippen molar-refractivity contribution in [3.63, 3.8) is 0 Å². The van der Waals surface area contributed by atoms with Crippen LogP contribution >= 0.6 is 0 Å². The largest absolute Gasteiger partial charge is 0.486 e. The van der Waals surface area contributed by atoms with Gasteiger partial charge in [-0.3, -0.25) is 9.69 Å². The van der Waals surface area contributed by atoms with Crippen LogP contribution in [-0.2, 0) is 16.1 Å². The second-order valence-electron chi connectivity index (χ2n) is 9.92. The molecule has 4 heterocycles. The van der Waals surface area contributed by atoms with Gasteiger partial charge in [0.25, 0.3) is 0 Å². The lowest BCUT2D eigenvalue weighted by Crippen LogP contribution is -2.48. The second kappa shape index (κ2) is 9.93. The quantitative estimate of drug-likeness (QED) is 0.606. The van der Waals surface area contributed by atoms with Crippen LogP contribution in [0.2, 0.25) is 0 Å². The molecule has 3 atom stereocenters.